The second-order valence-corrected chi connectivity index (χ2v) is 3.91. The Morgan fingerprint density at radius 3 is 1.92 bits per heavy atom. The first-order chi connectivity index (χ1) is 11.6. The van der Waals surface area contributed by atoms with Crippen molar-refractivity contribution in [2.45, 2.75) is 20.3 Å². The van der Waals surface area contributed by atoms with E-state index in [2.05, 4.69) is 20.4 Å². The summed E-state index contributed by atoms with van der Waals surface area (Å²) in [5.41, 5.74) is 2.51. The number of rotatable bonds is 12. The maximum absolute atomic E-state index is 5.49. The average molecular weight is 348 g/mol. The molecule has 0 unspecified atom stereocenters. The predicted molar refractivity (Wildman–Crippen MR) is 83.5 cm³/mol. The summed E-state index contributed by atoms with van der Waals surface area (Å²) in [6.45, 7) is 4.45. The highest BCUT2D eigenvalue weighted by Crippen LogP contribution is 2.20. The molecule has 0 fully saturated rings. The van der Waals surface area contributed by atoms with Crippen molar-refractivity contribution in [3.63, 3.8) is 0 Å². The molecule has 0 bridgehead atoms. The highest BCUT2D eigenvalue weighted by molar-refractivity contribution is 5.41. The van der Waals surface area contributed by atoms with E-state index in [-0.39, 0.29) is 17.8 Å². The number of hydrogen-bond acceptors (Lipinski definition) is 12. The quantitative estimate of drug-likeness (QED) is 0.419. The van der Waals surface area contributed by atoms with E-state index in [9.17, 15) is 0 Å². The van der Waals surface area contributed by atoms with Gasteiger partial charge in [0.25, 0.3) is 24.3 Å². The Hall–Kier alpha value is -1.83. The van der Waals surface area contributed by atoms with Gasteiger partial charge >= 0.3 is 0 Å². The van der Waals surface area contributed by atoms with E-state index in [1.807, 2.05) is 13.8 Å². The van der Waals surface area contributed by atoms with Gasteiger partial charge in [0.15, 0.2) is 0 Å². The Kier molecular flexibility index (Phi) is 9.14. The van der Waals surface area contributed by atoms with Crippen molar-refractivity contribution in [1.82, 2.24) is 15.0 Å². The molecule has 1 heterocycles. The summed E-state index contributed by atoms with van der Waals surface area (Å²) in [5, 5.41) is 2.22. The van der Waals surface area contributed by atoms with Gasteiger partial charge in [-0.05, 0) is 13.8 Å². The lowest BCUT2D eigenvalue weighted by molar-refractivity contribution is -0.176. The molecule has 24 heavy (non-hydrogen) atoms. The van der Waals surface area contributed by atoms with Crippen LogP contribution in [0, 0.1) is 0 Å². The van der Waals surface area contributed by atoms with Crippen LogP contribution in [-0.2, 0) is 28.8 Å². The van der Waals surface area contributed by atoms with E-state index in [4.69, 9.17) is 28.8 Å². The SMILES string of the molecule is CCOC(OCC)N(OC)c1nc(NOC)nc(N(OC)OC)n1. The zero-order valence-electron chi connectivity index (χ0n) is 14.7. The molecule has 0 saturated heterocycles. The minimum atomic E-state index is -0.853. The molecule has 1 N–H and O–H groups in total. The van der Waals surface area contributed by atoms with E-state index < -0.39 is 6.41 Å². The van der Waals surface area contributed by atoms with Crippen LogP contribution in [0.4, 0.5) is 17.8 Å². The van der Waals surface area contributed by atoms with Crippen LogP contribution in [-0.4, -0.2) is 63.0 Å². The number of nitrogens with one attached hydrogen (secondary N) is 1. The van der Waals surface area contributed by atoms with E-state index >= 15 is 0 Å². The Bertz CT molecular complexity index is 471. The Morgan fingerprint density at radius 2 is 1.46 bits per heavy atom. The Morgan fingerprint density at radius 1 is 0.875 bits per heavy atom. The molecule has 12 heteroatoms. The molecule has 0 amide bonds. The zero-order valence-corrected chi connectivity index (χ0v) is 14.7. The van der Waals surface area contributed by atoms with Crippen molar-refractivity contribution < 1.29 is 28.8 Å². The summed E-state index contributed by atoms with van der Waals surface area (Å²) in [4.78, 5) is 32.6. The topological polar surface area (TPSA) is 113 Å². The van der Waals surface area contributed by atoms with Gasteiger partial charge in [0.05, 0.1) is 28.4 Å². The molecular formula is C12H24N6O6. The maximum Gasteiger partial charge on any atom is 0.284 e. The lowest BCUT2D eigenvalue weighted by atomic mass is 10.7. The summed E-state index contributed by atoms with van der Waals surface area (Å²) in [7, 11) is 5.65. The number of nitrogens with zero attached hydrogens (tertiary/aromatic N) is 5. The van der Waals surface area contributed by atoms with Crippen LogP contribution in [0.15, 0.2) is 0 Å². The van der Waals surface area contributed by atoms with Crippen molar-refractivity contribution in [2.75, 3.05) is 57.4 Å². The van der Waals surface area contributed by atoms with Crippen LogP contribution < -0.4 is 15.8 Å². The Balaban J connectivity index is 3.25. The van der Waals surface area contributed by atoms with Crippen LogP contribution in [0.2, 0.25) is 0 Å². The molecule has 1 rings (SSSR count). The highest BCUT2D eigenvalue weighted by Gasteiger charge is 2.25. The summed E-state index contributed by atoms with van der Waals surface area (Å²) in [5.74, 6) is 0.247. The van der Waals surface area contributed by atoms with Gasteiger partial charge in [-0.3, -0.25) is 9.68 Å². The second kappa shape index (κ2) is 10.9. The summed E-state index contributed by atoms with van der Waals surface area (Å²) < 4.78 is 11.0. The monoisotopic (exact) mass is 348 g/mol. The summed E-state index contributed by atoms with van der Waals surface area (Å²) >= 11 is 0. The molecule has 1 aromatic rings. The fraction of sp³-hybridized carbons (Fsp3) is 0.750. The first-order valence-electron chi connectivity index (χ1n) is 7.14. The third-order valence-corrected chi connectivity index (χ3v) is 2.50. The standard InChI is InChI=1S/C12H24N6O6/c1-7-23-12(24-8-2)17(20-4)10-13-9(16-19-3)14-11(15-10)18(21-5)22-6/h12H,7-8H2,1-6H3,(H,13,14,15,16). The molecule has 0 aliphatic carbocycles. The normalized spacial score (nSPS) is 11.0. The van der Waals surface area contributed by atoms with Crippen LogP contribution in [0.5, 0.6) is 0 Å². The predicted octanol–water partition coefficient (Wildman–Crippen LogP) is 0.499. The number of anilines is 3. The van der Waals surface area contributed by atoms with Gasteiger partial charge in [0.1, 0.15) is 0 Å². The lowest BCUT2D eigenvalue weighted by Gasteiger charge is -2.28. The second-order valence-electron chi connectivity index (χ2n) is 3.91. The minimum Gasteiger partial charge on any atom is -0.334 e. The van der Waals surface area contributed by atoms with Gasteiger partial charge in [-0.15, -0.1) is 0 Å². The molecule has 0 aromatic carbocycles. The maximum atomic E-state index is 5.49. The highest BCUT2D eigenvalue weighted by atomic mass is 16.9. The van der Waals surface area contributed by atoms with Crippen LogP contribution in [0.25, 0.3) is 0 Å². The molecular weight excluding hydrogens is 324 g/mol. The number of hydroxylamine groups is 1. The van der Waals surface area contributed by atoms with Crippen molar-refractivity contribution in [3.05, 3.63) is 0 Å². The molecule has 0 spiro atoms. The first kappa shape index (κ1) is 20.2. The van der Waals surface area contributed by atoms with Crippen LogP contribution in [0.1, 0.15) is 13.8 Å². The van der Waals surface area contributed by atoms with E-state index in [1.54, 1.807) is 0 Å². The van der Waals surface area contributed by atoms with Crippen LogP contribution in [0.3, 0.4) is 0 Å². The fourth-order valence-electron chi connectivity index (χ4n) is 1.64. The van der Waals surface area contributed by atoms with Gasteiger partial charge in [0.2, 0.25) is 0 Å². The smallest absolute Gasteiger partial charge is 0.284 e. The van der Waals surface area contributed by atoms with Gasteiger partial charge in [-0.1, -0.05) is 5.23 Å². The number of ether oxygens (including phenoxy) is 2. The molecule has 0 atom stereocenters. The molecule has 0 radical (unpaired) electrons. The van der Waals surface area contributed by atoms with Crippen molar-refractivity contribution in [3.8, 4) is 0 Å². The largest absolute Gasteiger partial charge is 0.334 e. The van der Waals surface area contributed by atoms with E-state index in [1.165, 1.54) is 33.5 Å². The van der Waals surface area contributed by atoms with Crippen LogP contribution >= 0.6 is 0 Å². The molecule has 0 aliphatic heterocycles. The zero-order chi connectivity index (χ0) is 17.9. The summed E-state index contributed by atoms with van der Waals surface area (Å²) in [6.07, 6.45) is -0.853. The Labute approximate surface area is 140 Å². The molecule has 1 aromatic heterocycles. The lowest BCUT2D eigenvalue weighted by Crippen LogP contribution is -2.40. The molecule has 0 saturated carbocycles. The van der Waals surface area contributed by atoms with Gasteiger partial charge in [-0.25, -0.2) is 15.2 Å². The van der Waals surface area contributed by atoms with Crippen molar-refractivity contribution in [2.24, 2.45) is 0 Å². The van der Waals surface area contributed by atoms with E-state index in [0.29, 0.717) is 13.2 Å². The third-order valence-electron chi connectivity index (χ3n) is 2.50. The van der Waals surface area contributed by atoms with Gasteiger partial charge in [0, 0.05) is 13.2 Å². The third kappa shape index (κ3) is 5.36. The van der Waals surface area contributed by atoms with Gasteiger partial charge < -0.3 is 9.47 Å². The number of aromatic nitrogens is 3. The molecule has 138 valence electrons. The molecule has 0 aliphatic rings. The molecule has 12 nitrogen and oxygen atoms in total. The number of hydrogen-bond donors (Lipinski definition) is 1. The minimum absolute atomic E-state index is 0.0540. The average Bonchev–Trinajstić information content (AvgIpc) is 2.57. The van der Waals surface area contributed by atoms with Gasteiger partial charge in [-0.2, -0.15) is 20.0 Å². The first-order valence-corrected chi connectivity index (χ1v) is 7.14. The van der Waals surface area contributed by atoms with Crippen molar-refractivity contribution in [1.29, 1.82) is 0 Å². The van der Waals surface area contributed by atoms with E-state index in [0.717, 1.165) is 5.23 Å². The fourth-order valence-corrected chi connectivity index (χ4v) is 1.64. The van der Waals surface area contributed by atoms with Crippen molar-refractivity contribution >= 4 is 17.8 Å². The summed E-state index contributed by atoms with van der Waals surface area (Å²) in [6, 6.07) is 0.